The van der Waals surface area contributed by atoms with E-state index in [0.717, 1.165) is 6.42 Å². The summed E-state index contributed by atoms with van der Waals surface area (Å²) in [5.74, 6) is -0.129. The van der Waals surface area contributed by atoms with Crippen LogP contribution >= 0.6 is 0 Å². The zero-order valence-electron chi connectivity index (χ0n) is 10.7. The van der Waals surface area contributed by atoms with Crippen molar-refractivity contribution in [2.45, 2.75) is 45.8 Å². The van der Waals surface area contributed by atoms with Crippen LogP contribution in [0.15, 0.2) is 0 Å². The minimum atomic E-state index is -0.129. The van der Waals surface area contributed by atoms with Gasteiger partial charge in [-0.25, -0.2) is 0 Å². The monoisotopic (exact) mass is 229 g/mol. The van der Waals surface area contributed by atoms with E-state index in [1.165, 1.54) is 0 Å². The summed E-state index contributed by atoms with van der Waals surface area (Å²) in [6.45, 7) is 7.34. The molecule has 0 amide bonds. The van der Waals surface area contributed by atoms with Gasteiger partial charge in [0.05, 0.1) is 19.1 Å². The maximum atomic E-state index is 11.1. The van der Waals surface area contributed by atoms with Gasteiger partial charge in [-0.05, 0) is 13.3 Å². The topological polar surface area (TPSA) is 47.6 Å². The number of carbonyl (C=O) groups excluding carboxylic acids is 1. The summed E-state index contributed by atoms with van der Waals surface area (Å²) < 4.78 is 10.2. The quantitative estimate of drug-likeness (QED) is 0.698. The molecule has 4 heteroatoms. The summed E-state index contributed by atoms with van der Waals surface area (Å²) in [6.07, 6.45) is 1.79. The molecular weight excluding hydrogens is 206 g/mol. The molecule has 0 aromatic rings. The van der Waals surface area contributed by atoms with Crippen molar-refractivity contribution < 1.29 is 14.3 Å². The molecule has 94 valence electrons. The van der Waals surface area contributed by atoms with Crippen molar-refractivity contribution in [3.8, 4) is 0 Å². The maximum Gasteiger partial charge on any atom is 0.307 e. The largest absolute Gasteiger partial charge is 0.466 e. The summed E-state index contributed by atoms with van der Waals surface area (Å²) in [5.41, 5.74) is 0.156. The lowest BCUT2D eigenvalue weighted by molar-refractivity contribution is -0.143. The van der Waals surface area contributed by atoms with Gasteiger partial charge in [0, 0.05) is 25.1 Å². The predicted molar refractivity (Wildman–Crippen MR) is 62.2 cm³/mol. The fraction of sp³-hybridized carbons (Fsp3) is 0.917. The van der Waals surface area contributed by atoms with E-state index in [-0.39, 0.29) is 11.4 Å². The Bertz CT molecular complexity index is 240. The highest BCUT2D eigenvalue weighted by Gasteiger charge is 2.48. The molecule has 0 bridgehead atoms. The molecule has 0 saturated heterocycles. The molecule has 1 N–H and O–H groups in total. The molecule has 1 aliphatic carbocycles. The van der Waals surface area contributed by atoms with Gasteiger partial charge in [-0.1, -0.05) is 13.8 Å². The lowest BCUT2D eigenvalue weighted by atomic mass is 9.64. The summed E-state index contributed by atoms with van der Waals surface area (Å²) in [4.78, 5) is 11.1. The van der Waals surface area contributed by atoms with Crippen LogP contribution in [0.3, 0.4) is 0 Å². The smallest absolute Gasteiger partial charge is 0.307 e. The van der Waals surface area contributed by atoms with E-state index in [4.69, 9.17) is 9.47 Å². The minimum absolute atomic E-state index is 0.129. The van der Waals surface area contributed by atoms with Crippen LogP contribution in [0.2, 0.25) is 0 Å². The minimum Gasteiger partial charge on any atom is -0.466 e. The van der Waals surface area contributed by atoms with Gasteiger partial charge in [-0.2, -0.15) is 0 Å². The average molecular weight is 229 g/mol. The van der Waals surface area contributed by atoms with Crippen molar-refractivity contribution >= 4 is 5.97 Å². The average Bonchev–Trinajstić information content (AvgIpc) is 2.22. The fourth-order valence-electron chi connectivity index (χ4n) is 2.21. The number of rotatable bonds is 6. The molecule has 16 heavy (non-hydrogen) atoms. The van der Waals surface area contributed by atoms with Gasteiger partial charge in [-0.15, -0.1) is 0 Å². The van der Waals surface area contributed by atoms with Crippen molar-refractivity contribution in [3.63, 3.8) is 0 Å². The van der Waals surface area contributed by atoms with Gasteiger partial charge >= 0.3 is 5.97 Å². The lowest BCUT2D eigenvalue weighted by Crippen LogP contribution is -2.60. The van der Waals surface area contributed by atoms with Crippen LogP contribution in [0.25, 0.3) is 0 Å². The van der Waals surface area contributed by atoms with E-state index in [2.05, 4.69) is 19.2 Å². The van der Waals surface area contributed by atoms with Crippen molar-refractivity contribution in [2.75, 3.05) is 20.3 Å². The van der Waals surface area contributed by atoms with Crippen LogP contribution in [-0.2, 0) is 14.3 Å². The van der Waals surface area contributed by atoms with E-state index in [1.54, 1.807) is 7.11 Å². The number of hydrogen-bond donors (Lipinski definition) is 1. The first-order valence-corrected chi connectivity index (χ1v) is 5.94. The standard InChI is InChI=1S/C12H23NO3/c1-5-16-11(14)6-7-13-9-8-10(15-4)12(9,2)3/h9-10,13H,5-8H2,1-4H3. The van der Waals surface area contributed by atoms with Gasteiger partial charge in [0.2, 0.25) is 0 Å². The van der Waals surface area contributed by atoms with Gasteiger partial charge < -0.3 is 14.8 Å². The highest BCUT2D eigenvalue weighted by atomic mass is 16.5. The second kappa shape index (κ2) is 5.64. The zero-order chi connectivity index (χ0) is 12.2. The SMILES string of the molecule is CCOC(=O)CCNC1CC(OC)C1(C)C. The van der Waals surface area contributed by atoms with Crippen LogP contribution in [0.4, 0.5) is 0 Å². The van der Waals surface area contributed by atoms with Gasteiger partial charge in [0.25, 0.3) is 0 Å². The third-order valence-electron chi connectivity index (χ3n) is 3.49. The molecule has 4 nitrogen and oxygen atoms in total. The van der Waals surface area contributed by atoms with Crippen molar-refractivity contribution in [1.29, 1.82) is 0 Å². The number of methoxy groups -OCH3 is 1. The lowest BCUT2D eigenvalue weighted by Gasteiger charge is -2.51. The van der Waals surface area contributed by atoms with E-state index in [9.17, 15) is 4.79 Å². The first-order chi connectivity index (χ1) is 7.52. The molecule has 0 spiro atoms. The fourth-order valence-corrected chi connectivity index (χ4v) is 2.21. The van der Waals surface area contributed by atoms with Gasteiger partial charge in [-0.3, -0.25) is 4.79 Å². The zero-order valence-corrected chi connectivity index (χ0v) is 10.7. The van der Waals surface area contributed by atoms with Crippen molar-refractivity contribution in [2.24, 2.45) is 5.41 Å². The van der Waals surface area contributed by atoms with Crippen LogP contribution in [-0.4, -0.2) is 38.4 Å². The van der Waals surface area contributed by atoms with E-state index in [0.29, 0.717) is 31.7 Å². The predicted octanol–water partition coefficient (Wildman–Crippen LogP) is 1.34. The van der Waals surface area contributed by atoms with E-state index >= 15 is 0 Å². The second-order valence-electron chi connectivity index (χ2n) is 4.84. The maximum absolute atomic E-state index is 11.1. The Morgan fingerprint density at radius 2 is 2.19 bits per heavy atom. The molecule has 2 atom stereocenters. The first-order valence-electron chi connectivity index (χ1n) is 5.94. The summed E-state index contributed by atoms with van der Waals surface area (Å²) in [6, 6.07) is 0.437. The van der Waals surface area contributed by atoms with Crippen LogP contribution in [0.5, 0.6) is 0 Å². The number of esters is 1. The Labute approximate surface area is 97.7 Å². The summed E-state index contributed by atoms with van der Waals surface area (Å²) >= 11 is 0. The molecule has 0 heterocycles. The second-order valence-corrected chi connectivity index (χ2v) is 4.84. The Morgan fingerprint density at radius 1 is 1.50 bits per heavy atom. The Hall–Kier alpha value is -0.610. The van der Waals surface area contributed by atoms with Crippen molar-refractivity contribution in [1.82, 2.24) is 5.32 Å². The van der Waals surface area contributed by atoms with Gasteiger partial charge in [0.15, 0.2) is 0 Å². The molecular formula is C12H23NO3. The molecule has 1 saturated carbocycles. The normalized spacial score (nSPS) is 27.2. The molecule has 1 aliphatic rings. The number of hydrogen-bond acceptors (Lipinski definition) is 4. The Kier molecular flexibility index (Phi) is 4.74. The highest BCUT2D eigenvalue weighted by molar-refractivity contribution is 5.69. The van der Waals surface area contributed by atoms with E-state index in [1.807, 2.05) is 6.92 Å². The molecule has 2 unspecified atom stereocenters. The summed E-state index contributed by atoms with van der Waals surface area (Å²) in [5, 5.41) is 3.38. The molecule has 0 aliphatic heterocycles. The van der Waals surface area contributed by atoms with Crippen LogP contribution < -0.4 is 5.32 Å². The van der Waals surface area contributed by atoms with Crippen molar-refractivity contribution in [3.05, 3.63) is 0 Å². The number of ether oxygens (including phenoxy) is 2. The molecule has 0 aromatic heterocycles. The molecule has 0 aromatic carbocycles. The summed E-state index contributed by atoms with van der Waals surface area (Å²) in [7, 11) is 1.75. The van der Waals surface area contributed by atoms with Crippen LogP contribution in [0, 0.1) is 5.41 Å². The Morgan fingerprint density at radius 3 is 2.69 bits per heavy atom. The third kappa shape index (κ3) is 2.95. The number of carbonyl (C=O) groups is 1. The Balaban J connectivity index is 2.18. The third-order valence-corrected chi connectivity index (χ3v) is 3.49. The van der Waals surface area contributed by atoms with Crippen LogP contribution in [0.1, 0.15) is 33.6 Å². The number of nitrogens with one attached hydrogen (secondary N) is 1. The first kappa shape index (κ1) is 13.5. The van der Waals surface area contributed by atoms with Gasteiger partial charge in [0.1, 0.15) is 0 Å². The molecule has 1 fully saturated rings. The molecule has 1 rings (SSSR count). The highest BCUT2D eigenvalue weighted by Crippen LogP contribution is 2.42. The molecule has 0 radical (unpaired) electrons. The van der Waals surface area contributed by atoms with E-state index < -0.39 is 0 Å².